The van der Waals surface area contributed by atoms with Crippen molar-refractivity contribution < 1.29 is 4.79 Å². The Hall–Kier alpha value is -0.610. The molecule has 1 aliphatic heterocycles. The first-order valence-electron chi connectivity index (χ1n) is 8.67. The van der Waals surface area contributed by atoms with Gasteiger partial charge in [0, 0.05) is 24.5 Å². The lowest BCUT2D eigenvalue weighted by Gasteiger charge is -2.43. The maximum atomic E-state index is 12.4. The Morgan fingerprint density at radius 3 is 2.71 bits per heavy atom. The summed E-state index contributed by atoms with van der Waals surface area (Å²) in [6, 6.07) is 0. The number of amides is 1. The molecule has 4 nitrogen and oxygen atoms in total. The van der Waals surface area contributed by atoms with E-state index < -0.39 is 0 Å². The summed E-state index contributed by atoms with van der Waals surface area (Å²) in [6.45, 7) is 10.5. The molecule has 4 heteroatoms. The fourth-order valence-electron chi connectivity index (χ4n) is 3.95. The van der Waals surface area contributed by atoms with Crippen molar-refractivity contribution in [3.8, 4) is 0 Å². The highest BCUT2D eigenvalue weighted by molar-refractivity contribution is 5.79. The Kier molecular flexibility index (Phi) is 5.67. The van der Waals surface area contributed by atoms with Gasteiger partial charge in [0.05, 0.1) is 0 Å². The quantitative estimate of drug-likeness (QED) is 0.815. The number of carbonyl (C=O) groups excluding carboxylic acids is 1. The number of nitrogens with one attached hydrogen (secondary N) is 1. The minimum Gasteiger partial charge on any atom is -0.354 e. The van der Waals surface area contributed by atoms with Gasteiger partial charge in [0.15, 0.2) is 0 Å². The average molecular weight is 295 g/mol. The maximum absolute atomic E-state index is 12.4. The third kappa shape index (κ3) is 4.19. The van der Waals surface area contributed by atoms with Crippen LogP contribution in [-0.4, -0.2) is 42.5 Å². The lowest BCUT2D eigenvalue weighted by Crippen LogP contribution is -2.55. The van der Waals surface area contributed by atoms with E-state index >= 15 is 0 Å². The Morgan fingerprint density at radius 1 is 1.29 bits per heavy atom. The molecule has 2 rings (SSSR count). The second-order valence-corrected chi connectivity index (χ2v) is 7.76. The molecule has 3 N–H and O–H groups in total. The molecule has 0 aromatic carbocycles. The third-order valence-corrected chi connectivity index (χ3v) is 5.51. The van der Waals surface area contributed by atoms with Gasteiger partial charge in [0.2, 0.25) is 5.91 Å². The minimum absolute atomic E-state index is 0.0428. The second kappa shape index (κ2) is 7.10. The van der Waals surface area contributed by atoms with Gasteiger partial charge in [0.1, 0.15) is 0 Å². The van der Waals surface area contributed by atoms with Crippen LogP contribution in [0.4, 0.5) is 0 Å². The molecule has 1 amide bonds. The van der Waals surface area contributed by atoms with Crippen molar-refractivity contribution in [2.45, 2.75) is 58.4 Å². The van der Waals surface area contributed by atoms with Gasteiger partial charge >= 0.3 is 0 Å². The van der Waals surface area contributed by atoms with Crippen molar-refractivity contribution in [2.75, 3.05) is 26.2 Å². The van der Waals surface area contributed by atoms with E-state index in [0.29, 0.717) is 12.5 Å². The summed E-state index contributed by atoms with van der Waals surface area (Å²) in [6.07, 6.45) is 5.87. The normalized spacial score (nSPS) is 31.3. The van der Waals surface area contributed by atoms with Crippen LogP contribution in [0.25, 0.3) is 0 Å². The van der Waals surface area contributed by atoms with Crippen LogP contribution >= 0.6 is 0 Å². The maximum Gasteiger partial charge on any atom is 0.223 e. The van der Waals surface area contributed by atoms with E-state index in [4.69, 9.17) is 5.73 Å². The molecule has 0 bridgehead atoms. The van der Waals surface area contributed by atoms with Gasteiger partial charge in [0.25, 0.3) is 0 Å². The fourth-order valence-corrected chi connectivity index (χ4v) is 3.95. The minimum atomic E-state index is 0.0428. The van der Waals surface area contributed by atoms with E-state index in [1.54, 1.807) is 0 Å². The predicted molar refractivity (Wildman–Crippen MR) is 86.9 cm³/mol. The Bertz CT molecular complexity index is 356. The van der Waals surface area contributed by atoms with E-state index in [9.17, 15) is 4.79 Å². The molecule has 1 unspecified atom stereocenters. The van der Waals surface area contributed by atoms with Crippen molar-refractivity contribution >= 4 is 5.91 Å². The van der Waals surface area contributed by atoms with Crippen LogP contribution in [0.5, 0.6) is 0 Å². The molecule has 21 heavy (non-hydrogen) atoms. The first-order chi connectivity index (χ1) is 9.94. The highest BCUT2D eigenvalue weighted by atomic mass is 16.1. The second-order valence-electron chi connectivity index (χ2n) is 7.76. The van der Waals surface area contributed by atoms with Crippen LogP contribution in [0.2, 0.25) is 0 Å². The fraction of sp³-hybridized carbons (Fsp3) is 0.941. The van der Waals surface area contributed by atoms with Gasteiger partial charge in [-0.2, -0.15) is 0 Å². The Balaban J connectivity index is 1.84. The molecule has 2 aliphatic rings. The van der Waals surface area contributed by atoms with Crippen molar-refractivity contribution in [3.63, 3.8) is 0 Å². The zero-order valence-electron chi connectivity index (χ0n) is 14.0. The van der Waals surface area contributed by atoms with Gasteiger partial charge in [-0.3, -0.25) is 9.69 Å². The Morgan fingerprint density at radius 2 is 2.05 bits per heavy atom. The van der Waals surface area contributed by atoms with E-state index in [-0.39, 0.29) is 17.4 Å². The number of hydrogen-bond donors (Lipinski definition) is 2. The molecule has 122 valence electrons. The summed E-state index contributed by atoms with van der Waals surface area (Å²) in [5.41, 5.74) is 5.83. The van der Waals surface area contributed by atoms with Gasteiger partial charge in [-0.15, -0.1) is 0 Å². The lowest BCUT2D eigenvalue weighted by atomic mass is 9.92. The van der Waals surface area contributed by atoms with Crippen molar-refractivity contribution in [1.82, 2.24) is 10.2 Å². The van der Waals surface area contributed by atoms with E-state index in [1.165, 1.54) is 12.8 Å². The molecule has 2 fully saturated rings. The summed E-state index contributed by atoms with van der Waals surface area (Å²) in [4.78, 5) is 15.0. The molecular weight excluding hydrogens is 262 g/mol. The highest BCUT2D eigenvalue weighted by Crippen LogP contribution is 2.31. The molecule has 1 heterocycles. The van der Waals surface area contributed by atoms with E-state index in [1.807, 2.05) is 0 Å². The van der Waals surface area contributed by atoms with Crippen LogP contribution in [0, 0.1) is 17.8 Å². The smallest absolute Gasteiger partial charge is 0.223 e. The monoisotopic (exact) mass is 295 g/mol. The standard InChI is InChI=1S/C17H33N3O/c1-13-6-5-9-20(11-13)17(2,3)12-19-16(21)15-8-4-7-14(15)10-18/h13-15H,4-12,18H2,1-3H3,(H,19,21)/t13?,14-,15-/m1/s1. The van der Waals surface area contributed by atoms with Crippen LogP contribution in [0.3, 0.4) is 0 Å². The molecule has 0 aromatic heterocycles. The highest BCUT2D eigenvalue weighted by Gasteiger charge is 2.34. The summed E-state index contributed by atoms with van der Waals surface area (Å²) in [5.74, 6) is 1.53. The molecule has 1 aliphatic carbocycles. The van der Waals surface area contributed by atoms with E-state index in [2.05, 4.69) is 31.0 Å². The zero-order chi connectivity index (χ0) is 15.5. The molecule has 3 atom stereocenters. The largest absolute Gasteiger partial charge is 0.354 e. The Labute approximate surface area is 129 Å². The first-order valence-corrected chi connectivity index (χ1v) is 8.67. The van der Waals surface area contributed by atoms with Crippen LogP contribution < -0.4 is 11.1 Å². The molecular formula is C17H33N3O. The van der Waals surface area contributed by atoms with Crippen molar-refractivity contribution in [1.29, 1.82) is 0 Å². The third-order valence-electron chi connectivity index (χ3n) is 5.51. The molecule has 0 aromatic rings. The summed E-state index contributed by atoms with van der Waals surface area (Å²) in [7, 11) is 0. The number of nitrogens with two attached hydrogens (primary N) is 1. The van der Waals surface area contributed by atoms with Crippen LogP contribution in [0.15, 0.2) is 0 Å². The molecule has 0 radical (unpaired) electrons. The van der Waals surface area contributed by atoms with Crippen molar-refractivity contribution in [3.05, 3.63) is 0 Å². The van der Waals surface area contributed by atoms with Gasteiger partial charge in [-0.05, 0) is 64.5 Å². The number of piperidine rings is 1. The number of rotatable bonds is 5. The summed E-state index contributed by atoms with van der Waals surface area (Å²) >= 11 is 0. The van der Waals surface area contributed by atoms with Gasteiger partial charge in [-0.1, -0.05) is 13.3 Å². The number of nitrogens with zero attached hydrogens (tertiary/aromatic N) is 1. The topological polar surface area (TPSA) is 58.4 Å². The molecule has 1 saturated carbocycles. The van der Waals surface area contributed by atoms with Gasteiger partial charge < -0.3 is 11.1 Å². The van der Waals surface area contributed by atoms with Crippen LogP contribution in [0.1, 0.15) is 52.9 Å². The molecule has 1 saturated heterocycles. The lowest BCUT2D eigenvalue weighted by molar-refractivity contribution is -0.126. The number of carbonyl (C=O) groups is 1. The zero-order valence-corrected chi connectivity index (χ0v) is 14.0. The number of hydrogen-bond acceptors (Lipinski definition) is 3. The first kappa shape index (κ1) is 16.8. The SMILES string of the molecule is CC1CCCN(C(C)(C)CNC(=O)[C@@H]2CCC[C@@H]2CN)C1. The van der Waals surface area contributed by atoms with Gasteiger partial charge in [-0.25, -0.2) is 0 Å². The van der Waals surface area contributed by atoms with E-state index in [0.717, 1.165) is 44.8 Å². The predicted octanol–water partition coefficient (Wildman–Crippen LogP) is 1.99. The average Bonchev–Trinajstić information content (AvgIpc) is 2.93. The van der Waals surface area contributed by atoms with Crippen LogP contribution in [-0.2, 0) is 4.79 Å². The summed E-state index contributed by atoms with van der Waals surface area (Å²) in [5, 5.41) is 3.21. The molecule has 0 spiro atoms. The van der Waals surface area contributed by atoms with Crippen molar-refractivity contribution in [2.24, 2.45) is 23.5 Å². The number of likely N-dealkylation sites (tertiary alicyclic amines) is 1. The summed E-state index contributed by atoms with van der Waals surface area (Å²) < 4.78 is 0.